The van der Waals surface area contributed by atoms with Gasteiger partial charge in [0.2, 0.25) is 0 Å². The molecule has 0 aromatic heterocycles. The number of hydrogen-bond donors (Lipinski definition) is 3. The van der Waals surface area contributed by atoms with Crippen LogP contribution in [0.5, 0.6) is 0 Å². The topological polar surface area (TPSA) is 77.8 Å². The summed E-state index contributed by atoms with van der Waals surface area (Å²) < 4.78 is 12.0. The average Bonchev–Trinajstić information content (AvgIpc) is 3.07. The minimum Gasteiger partial charge on any atom is -0.479 e. The Morgan fingerprint density at radius 1 is 1.15 bits per heavy atom. The third kappa shape index (κ3) is 5.92. The Labute approximate surface area is 156 Å². The van der Waals surface area contributed by atoms with Crippen LogP contribution in [0.1, 0.15) is 71.6 Å². The van der Waals surface area contributed by atoms with E-state index in [1.54, 1.807) is 19.1 Å². The molecule has 4 atom stereocenters. The summed E-state index contributed by atoms with van der Waals surface area (Å²) in [6, 6.07) is 0. The van der Waals surface area contributed by atoms with E-state index in [1.165, 1.54) is 6.92 Å². The molecule has 1 aliphatic rings. The van der Waals surface area contributed by atoms with Crippen molar-refractivity contribution in [3.8, 4) is 0 Å². The van der Waals surface area contributed by atoms with Crippen molar-refractivity contribution >= 4 is 5.97 Å². The van der Waals surface area contributed by atoms with Crippen LogP contribution in [0.3, 0.4) is 0 Å². The zero-order valence-electron chi connectivity index (χ0n) is 16.2. The van der Waals surface area contributed by atoms with Crippen molar-refractivity contribution in [2.75, 3.05) is 6.67 Å². The number of halogens is 1. The molecule has 4 nitrogen and oxygen atoms in total. The molecule has 0 saturated heterocycles. The normalized spacial score (nSPS) is 25.6. The number of carboxylic acid groups (broad SMARTS) is 1. The molecule has 0 aliphatic heterocycles. The Kier molecular flexibility index (Phi) is 9.51. The van der Waals surface area contributed by atoms with Crippen LogP contribution in [-0.2, 0) is 4.79 Å². The van der Waals surface area contributed by atoms with Crippen molar-refractivity contribution in [1.29, 1.82) is 0 Å². The van der Waals surface area contributed by atoms with Gasteiger partial charge in [-0.3, -0.25) is 4.39 Å². The van der Waals surface area contributed by atoms with Gasteiger partial charge in [0.05, 0.1) is 6.67 Å². The summed E-state index contributed by atoms with van der Waals surface area (Å²) in [5, 5.41) is 31.2. The summed E-state index contributed by atoms with van der Waals surface area (Å²) in [4.78, 5) is 11.8. The minimum absolute atomic E-state index is 0.0994. The molecule has 0 bridgehead atoms. The van der Waals surface area contributed by atoms with Crippen molar-refractivity contribution in [2.45, 2.75) is 82.8 Å². The molecular formula is C21H35FO4. The largest absolute Gasteiger partial charge is 0.479 e. The van der Waals surface area contributed by atoms with Crippen LogP contribution < -0.4 is 0 Å². The summed E-state index contributed by atoms with van der Waals surface area (Å²) in [5.74, 6) is -1.59. The van der Waals surface area contributed by atoms with E-state index in [9.17, 15) is 24.5 Å². The first-order chi connectivity index (χ1) is 12.3. The van der Waals surface area contributed by atoms with Gasteiger partial charge in [0.25, 0.3) is 0 Å². The van der Waals surface area contributed by atoms with Gasteiger partial charge < -0.3 is 15.3 Å². The van der Waals surface area contributed by atoms with Crippen LogP contribution >= 0.6 is 0 Å². The Balaban J connectivity index is 2.62. The van der Waals surface area contributed by atoms with Crippen molar-refractivity contribution in [1.82, 2.24) is 0 Å². The molecule has 150 valence electrons. The molecule has 1 rings (SSSR count). The standard InChI is InChI=1S/C21H35FO4/c1-3-4-14-20(2,25)21(26,19(23)24)18-13-12-17(16-18)11-9-7-5-6-8-10-15-22/h3-4,9,11,17-18,25-26H,5-8,10,12-16H2,1-2H3,(H,23,24)/t17-,18+,20-,21+/m1/s1. The highest BCUT2D eigenvalue weighted by molar-refractivity contribution is 5.79. The highest BCUT2D eigenvalue weighted by atomic mass is 19.1. The van der Waals surface area contributed by atoms with Gasteiger partial charge in [0, 0.05) is 5.92 Å². The number of rotatable bonds is 12. The third-order valence-electron chi connectivity index (χ3n) is 5.62. The lowest BCUT2D eigenvalue weighted by molar-refractivity contribution is -0.203. The zero-order valence-corrected chi connectivity index (χ0v) is 16.2. The van der Waals surface area contributed by atoms with Crippen molar-refractivity contribution in [3.05, 3.63) is 24.3 Å². The maximum Gasteiger partial charge on any atom is 0.339 e. The number of hydrogen-bond acceptors (Lipinski definition) is 3. The lowest BCUT2D eigenvalue weighted by atomic mass is 9.71. The maximum absolute atomic E-state index is 12.0. The fourth-order valence-electron chi connectivity index (χ4n) is 3.92. The minimum atomic E-state index is -2.15. The molecule has 1 fully saturated rings. The Bertz CT molecular complexity index is 486. The molecule has 0 amide bonds. The van der Waals surface area contributed by atoms with E-state index in [-0.39, 0.29) is 19.0 Å². The number of unbranched alkanes of at least 4 members (excludes halogenated alkanes) is 4. The fraction of sp³-hybridized carbons (Fsp3) is 0.762. The molecule has 1 aliphatic carbocycles. The molecule has 0 heterocycles. The van der Waals surface area contributed by atoms with Crippen LogP contribution in [0.4, 0.5) is 4.39 Å². The number of allylic oxidation sites excluding steroid dienone is 3. The van der Waals surface area contributed by atoms with E-state index in [1.807, 2.05) is 0 Å². The van der Waals surface area contributed by atoms with Gasteiger partial charge in [-0.1, -0.05) is 37.1 Å². The number of carbonyl (C=O) groups is 1. The van der Waals surface area contributed by atoms with Gasteiger partial charge in [-0.25, -0.2) is 4.79 Å². The molecular weight excluding hydrogens is 335 g/mol. The van der Waals surface area contributed by atoms with E-state index >= 15 is 0 Å². The number of alkyl halides is 1. The van der Waals surface area contributed by atoms with E-state index in [2.05, 4.69) is 12.2 Å². The molecule has 0 aromatic rings. The molecule has 0 spiro atoms. The predicted octanol–water partition coefficient (Wildman–Crippen LogP) is 4.41. The number of aliphatic hydroxyl groups is 2. The Morgan fingerprint density at radius 3 is 2.46 bits per heavy atom. The second-order valence-corrected chi connectivity index (χ2v) is 7.71. The van der Waals surface area contributed by atoms with Crippen molar-refractivity contribution in [2.24, 2.45) is 11.8 Å². The van der Waals surface area contributed by atoms with Crippen LogP contribution in [0.25, 0.3) is 0 Å². The highest BCUT2D eigenvalue weighted by Crippen LogP contribution is 2.44. The zero-order chi connectivity index (χ0) is 19.6. The van der Waals surface area contributed by atoms with Crippen LogP contribution in [-0.4, -0.2) is 39.2 Å². The maximum atomic E-state index is 12.0. The SMILES string of the molecule is CC=CC[C@@](C)(O)[C@@](O)(C(=O)O)[C@H]1CC[C@@H](C=CCCCCCCF)C1. The second-order valence-electron chi connectivity index (χ2n) is 7.71. The Morgan fingerprint density at radius 2 is 1.85 bits per heavy atom. The molecule has 26 heavy (non-hydrogen) atoms. The van der Waals surface area contributed by atoms with Gasteiger partial charge in [-0.05, 0) is 64.7 Å². The van der Waals surface area contributed by atoms with E-state index in [0.29, 0.717) is 19.3 Å². The monoisotopic (exact) mass is 370 g/mol. The molecule has 3 N–H and O–H groups in total. The van der Waals surface area contributed by atoms with Gasteiger partial charge >= 0.3 is 5.97 Å². The molecule has 1 saturated carbocycles. The molecule has 5 heteroatoms. The first-order valence-corrected chi connectivity index (χ1v) is 9.81. The predicted molar refractivity (Wildman–Crippen MR) is 102 cm³/mol. The van der Waals surface area contributed by atoms with E-state index in [4.69, 9.17) is 0 Å². The third-order valence-corrected chi connectivity index (χ3v) is 5.62. The summed E-state index contributed by atoms with van der Waals surface area (Å²) in [6.07, 6.45) is 14.3. The second kappa shape index (κ2) is 10.8. The van der Waals surface area contributed by atoms with Gasteiger partial charge in [0.15, 0.2) is 5.60 Å². The summed E-state index contributed by atoms with van der Waals surface area (Å²) in [6.45, 7) is 2.95. The van der Waals surface area contributed by atoms with Crippen LogP contribution in [0.2, 0.25) is 0 Å². The molecule has 0 radical (unpaired) electrons. The summed E-state index contributed by atoms with van der Waals surface area (Å²) >= 11 is 0. The number of carboxylic acids is 1. The first-order valence-electron chi connectivity index (χ1n) is 9.81. The van der Waals surface area contributed by atoms with Crippen LogP contribution in [0, 0.1) is 11.8 Å². The molecule has 0 unspecified atom stereocenters. The fourth-order valence-corrected chi connectivity index (χ4v) is 3.92. The lowest BCUT2D eigenvalue weighted by Gasteiger charge is -2.41. The van der Waals surface area contributed by atoms with Gasteiger partial charge in [-0.15, -0.1) is 0 Å². The van der Waals surface area contributed by atoms with Crippen molar-refractivity contribution < 1.29 is 24.5 Å². The lowest BCUT2D eigenvalue weighted by Crippen LogP contribution is -2.61. The van der Waals surface area contributed by atoms with Crippen molar-refractivity contribution in [3.63, 3.8) is 0 Å². The first kappa shape index (κ1) is 22.8. The van der Waals surface area contributed by atoms with Crippen LogP contribution in [0.15, 0.2) is 24.3 Å². The van der Waals surface area contributed by atoms with E-state index < -0.39 is 23.1 Å². The smallest absolute Gasteiger partial charge is 0.339 e. The van der Waals surface area contributed by atoms with E-state index in [0.717, 1.165) is 32.1 Å². The summed E-state index contributed by atoms with van der Waals surface area (Å²) in [5.41, 5.74) is -3.87. The average molecular weight is 371 g/mol. The van der Waals surface area contributed by atoms with Gasteiger partial charge in [0.1, 0.15) is 5.60 Å². The Hall–Kier alpha value is -1.20. The summed E-state index contributed by atoms with van der Waals surface area (Å²) in [7, 11) is 0. The highest BCUT2D eigenvalue weighted by Gasteiger charge is 2.57. The number of aliphatic carboxylic acids is 1. The molecule has 0 aromatic carbocycles. The van der Waals surface area contributed by atoms with Gasteiger partial charge in [-0.2, -0.15) is 0 Å². The quantitative estimate of drug-likeness (QED) is 0.351.